The van der Waals surface area contributed by atoms with E-state index < -0.39 is 36.8 Å². The number of hydrogen-bond acceptors (Lipinski definition) is 14. The van der Waals surface area contributed by atoms with Crippen LogP contribution in [-0.2, 0) is 21.2 Å². The fourth-order valence-electron chi connectivity index (χ4n) is 10.0. The molecule has 366 valence electrons. The zero-order valence-corrected chi connectivity index (χ0v) is 42.1. The molecule has 3 fully saturated rings. The largest absolute Gasteiger partial charge is 0.494 e. The summed E-state index contributed by atoms with van der Waals surface area (Å²) < 4.78 is 36.8. The first-order chi connectivity index (χ1) is 34.1. The molecule has 0 saturated carbocycles. The van der Waals surface area contributed by atoms with Gasteiger partial charge in [-0.3, -0.25) is 39.0 Å². The Morgan fingerprint density at radius 3 is 2.35 bits per heavy atom. The molecule has 4 aromatic carbocycles. The lowest BCUT2D eigenvalue weighted by Crippen LogP contribution is -2.54. The van der Waals surface area contributed by atoms with E-state index in [9.17, 15) is 28.1 Å². The molecular formula is C51H52BrFN11O6P. The molecule has 2 atom stereocenters. The van der Waals surface area contributed by atoms with Gasteiger partial charge in [-0.1, -0.05) is 24.3 Å². The van der Waals surface area contributed by atoms with Crippen LogP contribution in [0.3, 0.4) is 0 Å². The zero-order chi connectivity index (χ0) is 49.7. The number of hydrogen-bond donors (Lipinski definition) is 3. The second-order valence-electron chi connectivity index (χ2n) is 18.7. The van der Waals surface area contributed by atoms with Crippen LogP contribution in [0, 0.1) is 11.7 Å². The Bertz CT molecular complexity index is 3170. The average molecular weight is 1040 g/mol. The normalized spacial score (nSPS) is 18.5. The summed E-state index contributed by atoms with van der Waals surface area (Å²) >= 11 is 3.59. The summed E-state index contributed by atoms with van der Waals surface area (Å²) in [7, 11) is 0.657. The molecule has 0 radical (unpaired) electrons. The van der Waals surface area contributed by atoms with E-state index in [2.05, 4.69) is 56.7 Å². The number of rotatable bonds is 13. The summed E-state index contributed by atoms with van der Waals surface area (Å²) in [5.74, 6) is -0.695. The molecule has 0 aliphatic carbocycles. The summed E-state index contributed by atoms with van der Waals surface area (Å²) in [6, 6.07) is 20.2. The fourth-order valence-corrected chi connectivity index (χ4v) is 11.5. The second-order valence-corrected chi connectivity index (χ2v) is 22.8. The highest BCUT2D eigenvalue weighted by atomic mass is 79.9. The topological polar surface area (TPSA) is 187 Å². The predicted molar refractivity (Wildman–Crippen MR) is 275 cm³/mol. The smallest absolute Gasteiger partial charge is 0.262 e. The molecule has 71 heavy (non-hydrogen) atoms. The Hall–Kier alpha value is -6.95. The number of carbonyl (C=O) groups excluding carboxylic acids is 4. The summed E-state index contributed by atoms with van der Waals surface area (Å²) in [5.41, 5.74) is 6.57. The molecule has 3 saturated heterocycles. The minimum Gasteiger partial charge on any atom is -0.494 e. The van der Waals surface area contributed by atoms with Crippen LogP contribution < -0.4 is 35.8 Å². The predicted octanol–water partition coefficient (Wildman–Crippen LogP) is 7.24. The van der Waals surface area contributed by atoms with E-state index in [1.54, 1.807) is 79.8 Å². The van der Waals surface area contributed by atoms with E-state index in [-0.39, 0.29) is 35.7 Å². The minimum absolute atomic E-state index is 0.0734. The summed E-state index contributed by atoms with van der Waals surface area (Å²) in [6.07, 6.45) is 6.62. The van der Waals surface area contributed by atoms with Gasteiger partial charge in [0.25, 0.3) is 11.8 Å². The van der Waals surface area contributed by atoms with Crippen LogP contribution in [0.5, 0.6) is 5.75 Å². The van der Waals surface area contributed by atoms with Crippen molar-refractivity contribution >= 4 is 86.5 Å². The third-order valence-corrected chi connectivity index (χ3v) is 15.8. The molecule has 10 rings (SSSR count). The number of fused-ring (bicyclic) bond motifs is 1. The van der Waals surface area contributed by atoms with Crippen LogP contribution >= 0.6 is 23.1 Å². The van der Waals surface area contributed by atoms with Crippen molar-refractivity contribution < 1.29 is 32.9 Å². The number of amides is 4. The average Bonchev–Trinajstić information content (AvgIpc) is 4.07. The number of methoxy groups -OCH3 is 1. The number of anilines is 6. The van der Waals surface area contributed by atoms with Crippen molar-refractivity contribution in [2.24, 2.45) is 13.0 Å². The van der Waals surface area contributed by atoms with Crippen molar-refractivity contribution in [1.82, 2.24) is 34.9 Å². The maximum atomic E-state index is 14.8. The number of nitrogens with one attached hydrogen (secondary N) is 3. The maximum absolute atomic E-state index is 14.8. The Morgan fingerprint density at radius 2 is 1.62 bits per heavy atom. The van der Waals surface area contributed by atoms with Crippen molar-refractivity contribution in [3.63, 3.8) is 0 Å². The highest BCUT2D eigenvalue weighted by Crippen LogP contribution is 2.43. The first kappa shape index (κ1) is 47.7. The van der Waals surface area contributed by atoms with E-state index in [1.165, 1.54) is 6.07 Å². The molecule has 0 spiro atoms. The van der Waals surface area contributed by atoms with Crippen LogP contribution in [0.4, 0.5) is 38.9 Å². The zero-order valence-electron chi connectivity index (χ0n) is 39.6. The third kappa shape index (κ3) is 9.65. The monoisotopic (exact) mass is 1040 g/mol. The number of ether oxygens (including phenoxy) is 1. The summed E-state index contributed by atoms with van der Waals surface area (Å²) in [4.78, 5) is 68.6. The van der Waals surface area contributed by atoms with Gasteiger partial charge in [0, 0.05) is 111 Å². The molecule has 1 unspecified atom stereocenters. The van der Waals surface area contributed by atoms with Gasteiger partial charge in [-0.05, 0) is 96.0 Å². The van der Waals surface area contributed by atoms with E-state index in [0.717, 1.165) is 79.6 Å². The van der Waals surface area contributed by atoms with Gasteiger partial charge >= 0.3 is 0 Å². The minimum atomic E-state index is -2.86. The SMILES string of the molecule is COc1cc(N2CCN(C[C@H]3CCN(c4ccc5c(c4)C(=O)N(C4CCC(=O)NC4=O)C5=O)C3)CC2)c(-c2cnn(C)c2)cc1Nc1ncc(Br)c(Nc2ccc(-c3ccccc3F)cc2P(C)(C)=O)n1. The van der Waals surface area contributed by atoms with Crippen LogP contribution in [0.15, 0.2) is 95.9 Å². The van der Waals surface area contributed by atoms with Crippen molar-refractivity contribution in [1.29, 1.82) is 0 Å². The fraction of sp³-hybridized carbons (Fsp3) is 0.314. The van der Waals surface area contributed by atoms with Gasteiger partial charge in [0.15, 0.2) is 0 Å². The molecule has 6 heterocycles. The number of imide groups is 2. The second kappa shape index (κ2) is 19.3. The first-order valence-corrected chi connectivity index (χ1v) is 26.8. The van der Waals surface area contributed by atoms with Crippen LogP contribution in [0.25, 0.3) is 22.3 Å². The lowest BCUT2D eigenvalue weighted by Gasteiger charge is -2.38. The number of aryl methyl sites for hydroxylation is 1. The quantitative estimate of drug-likeness (QED) is 0.0776. The Morgan fingerprint density at radius 1 is 0.831 bits per heavy atom. The van der Waals surface area contributed by atoms with Gasteiger partial charge in [-0.15, -0.1) is 0 Å². The summed E-state index contributed by atoms with van der Waals surface area (Å²) in [6.45, 7) is 9.14. The number of carbonyl (C=O) groups is 4. The van der Waals surface area contributed by atoms with Gasteiger partial charge in [0.1, 0.15) is 30.6 Å². The number of nitrogens with zero attached hydrogens (tertiary/aromatic N) is 8. The molecule has 4 amide bonds. The molecule has 20 heteroatoms. The van der Waals surface area contributed by atoms with Gasteiger partial charge in [0.2, 0.25) is 17.8 Å². The maximum Gasteiger partial charge on any atom is 0.262 e. The molecule has 4 aliphatic heterocycles. The van der Waals surface area contributed by atoms with Crippen LogP contribution in [-0.4, -0.2) is 125 Å². The van der Waals surface area contributed by atoms with E-state index >= 15 is 0 Å². The van der Waals surface area contributed by atoms with Crippen molar-refractivity contribution in [3.8, 4) is 28.0 Å². The standard InChI is InChI=1S/C51H52BrFN11O6P/c1-60-29-32(25-55-60)36-23-41(57-51-54-26-38(52)47(59-51)56-40-12-9-31(21-45(40)71(3,4)69)34-7-5-6-8-39(34)53)44(70-2)24-43(36)62-19-17-61(18-20-62)27-30-15-16-63(28-30)33-10-11-35-37(22-33)50(68)64(49(35)67)42-13-14-46(65)58-48(42)66/h5-12,21-26,29-30,42H,13-20,27-28H2,1-4H3,(H,58,65,66)(H2,54,56,57,59)/t30-,42?/m1/s1. The van der Waals surface area contributed by atoms with Crippen LogP contribution in [0.1, 0.15) is 40.0 Å². The molecule has 6 aromatic rings. The van der Waals surface area contributed by atoms with Gasteiger partial charge in [-0.2, -0.15) is 10.1 Å². The first-order valence-electron chi connectivity index (χ1n) is 23.4. The molecule has 3 N–H and O–H groups in total. The number of benzene rings is 4. The van der Waals surface area contributed by atoms with E-state index in [1.807, 2.05) is 37.6 Å². The van der Waals surface area contributed by atoms with Crippen molar-refractivity contribution in [3.05, 3.63) is 113 Å². The number of piperidine rings is 1. The molecule has 4 aliphatic rings. The number of halogens is 2. The lowest BCUT2D eigenvalue weighted by molar-refractivity contribution is -0.136. The van der Waals surface area contributed by atoms with Crippen molar-refractivity contribution in [2.45, 2.75) is 25.3 Å². The number of piperazine rings is 1. The number of aromatic nitrogens is 4. The molecular weight excluding hydrogens is 993 g/mol. The third-order valence-electron chi connectivity index (χ3n) is 13.6. The van der Waals surface area contributed by atoms with Gasteiger partial charge in [0.05, 0.1) is 40.3 Å². The highest BCUT2D eigenvalue weighted by Gasteiger charge is 2.45. The van der Waals surface area contributed by atoms with Gasteiger partial charge in [-0.25, -0.2) is 9.37 Å². The molecule has 17 nitrogen and oxygen atoms in total. The van der Waals surface area contributed by atoms with Crippen LogP contribution in [0.2, 0.25) is 0 Å². The summed E-state index contributed by atoms with van der Waals surface area (Å²) in [5, 5.41) is 14.0. The molecule has 0 bridgehead atoms. The molecule has 2 aromatic heterocycles. The Labute approximate surface area is 418 Å². The highest BCUT2D eigenvalue weighted by molar-refractivity contribution is 9.10. The van der Waals surface area contributed by atoms with Gasteiger partial charge < -0.3 is 29.7 Å². The Balaban J connectivity index is 0.819. The lowest BCUT2D eigenvalue weighted by atomic mass is 10.0. The van der Waals surface area contributed by atoms with E-state index in [4.69, 9.17) is 9.72 Å². The Kier molecular flexibility index (Phi) is 13.0. The van der Waals surface area contributed by atoms with E-state index in [0.29, 0.717) is 49.8 Å². The van der Waals surface area contributed by atoms with Crippen molar-refractivity contribution in [2.75, 3.05) is 86.7 Å².